The summed E-state index contributed by atoms with van der Waals surface area (Å²) in [5, 5.41) is 5.05. The number of hydrogen-bond acceptors (Lipinski definition) is 4. The lowest BCUT2D eigenvalue weighted by atomic mass is 9.53. The van der Waals surface area contributed by atoms with Gasteiger partial charge in [0, 0.05) is 18.6 Å². The molecule has 4 aliphatic carbocycles. The number of carbonyl (C=O) groups is 1. The molecule has 2 heterocycles. The van der Waals surface area contributed by atoms with Crippen molar-refractivity contribution in [3.8, 4) is 0 Å². The third kappa shape index (κ3) is 2.74. The summed E-state index contributed by atoms with van der Waals surface area (Å²) in [6.45, 7) is 1.13. The molecule has 7 heteroatoms. The molecule has 142 valence electrons. The van der Waals surface area contributed by atoms with Crippen LogP contribution in [-0.2, 0) is 10.0 Å². The largest absolute Gasteiger partial charge is 0.346 e. The predicted octanol–water partition coefficient (Wildman–Crippen LogP) is 3.23. The second-order valence-electron chi connectivity index (χ2n) is 8.88. The van der Waals surface area contributed by atoms with Crippen molar-refractivity contribution in [2.24, 2.45) is 17.8 Å². The lowest BCUT2D eigenvalue weighted by Gasteiger charge is -2.56. The van der Waals surface area contributed by atoms with Gasteiger partial charge in [-0.2, -0.15) is 4.31 Å². The van der Waals surface area contributed by atoms with Gasteiger partial charge >= 0.3 is 0 Å². The standard InChI is InChI=1S/C19H26N2O3S2/c22-18(20-19-10-13-7-14(11-19)9-15(8-13)12-19)17-16(3-6-25-17)26(23,24)21-4-1-2-5-21/h3,6,13-15H,1-2,4-5,7-12H2,(H,20,22). The van der Waals surface area contributed by atoms with E-state index in [1.807, 2.05) is 0 Å². The summed E-state index contributed by atoms with van der Waals surface area (Å²) in [6.07, 6.45) is 8.99. The molecular weight excluding hydrogens is 368 g/mol. The van der Waals surface area contributed by atoms with Gasteiger partial charge in [0.05, 0.1) is 0 Å². The maximum absolute atomic E-state index is 13.1. The quantitative estimate of drug-likeness (QED) is 0.853. The van der Waals surface area contributed by atoms with Crippen molar-refractivity contribution in [2.75, 3.05) is 13.1 Å². The van der Waals surface area contributed by atoms with Crippen LogP contribution in [0.25, 0.3) is 0 Å². The number of sulfonamides is 1. The first-order valence-electron chi connectivity index (χ1n) is 9.85. The van der Waals surface area contributed by atoms with Gasteiger partial charge in [-0.15, -0.1) is 11.3 Å². The summed E-state index contributed by atoms with van der Waals surface area (Å²) in [4.78, 5) is 13.7. The van der Waals surface area contributed by atoms with Crippen molar-refractivity contribution >= 4 is 27.3 Å². The average Bonchev–Trinajstić information content (AvgIpc) is 3.25. The fourth-order valence-corrected chi connectivity index (χ4v) is 9.11. The molecule has 0 radical (unpaired) electrons. The normalized spacial score (nSPS) is 36.5. The SMILES string of the molecule is O=C(NC12CC3CC(CC(C3)C1)C2)c1sccc1S(=O)(=O)N1CCCC1. The fourth-order valence-electron chi connectivity index (χ4n) is 6.30. The van der Waals surface area contributed by atoms with E-state index in [2.05, 4.69) is 5.32 Å². The Hall–Kier alpha value is -0.920. The zero-order valence-corrected chi connectivity index (χ0v) is 16.6. The van der Waals surface area contributed by atoms with Gasteiger partial charge in [0.25, 0.3) is 5.91 Å². The Morgan fingerprint density at radius 2 is 1.65 bits per heavy atom. The molecule has 5 nitrogen and oxygen atoms in total. The Balaban J connectivity index is 1.40. The highest BCUT2D eigenvalue weighted by molar-refractivity contribution is 7.89. The fraction of sp³-hybridized carbons (Fsp3) is 0.737. The van der Waals surface area contributed by atoms with Crippen molar-refractivity contribution in [2.45, 2.75) is 61.8 Å². The first kappa shape index (κ1) is 17.2. The van der Waals surface area contributed by atoms with E-state index in [9.17, 15) is 13.2 Å². The van der Waals surface area contributed by atoms with E-state index in [0.717, 1.165) is 49.9 Å². The number of carbonyl (C=O) groups excluding carboxylic acids is 1. The first-order valence-corrected chi connectivity index (χ1v) is 12.2. The Bertz CT molecular complexity index is 788. The third-order valence-corrected chi connectivity index (χ3v) is 9.92. The van der Waals surface area contributed by atoms with Crippen molar-refractivity contribution < 1.29 is 13.2 Å². The van der Waals surface area contributed by atoms with Gasteiger partial charge in [0.2, 0.25) is 10.0 Å². The van der Waals surface area contributed by atoms with Crippen molar-refractivity contribution in [3.05, 3.63) is 16.3 Å². The molecular formula is C19H26N2O3S2. The minimum absolute atomic E-state index is 0.0928. The molecule has 1 saturated heterocycles. The van der Waals surface area contributed by atoms with Gasteiger partial charge in [-0.05, 0) is 80.6 Å². The third-order valence-electron chi connectivity index (χ3n) is 6.94. The minimum Gasteiger partial charge on any atom is -0.346 e. The van der Waals surface area contributed by atoms with E-state index in [1.165, 1.54) is 34.9 Å². The predicted molar refractivity (Wildman–Crippen MR) is 101 cm³/mol. The second-order valence-corrected chi connectivity index (χ2v) is 11.7. The number of thiophene rings is 1. The molecule has 0 atom stereocenters. The Morgan fingerprint density at radius 1 is 1.08 bits per heavy atom. The summed E-state index contributed by atoms with van der Waals surface area (Å²) in [7, 11) is -3.55. The summed E-state index contributed by atoms with van der Waals surface area (Å²) >= 11 is 1.25. The number of rotatable bonds is 4. The van der Waals surface area contributed by atoms with E-state index in [1.54, 1.807) is 11.4 Å². The minimum atomic E-state index is -3.55. The van der Waals surface area contributed by atoms with Crippen molar-refractivity contribution in [1.82, 2.24) is 9.62 Å². The van der Waals surface area contributed by atoms with Crippen LogP contribution in [0.5, 0.6) is 0 Å². The molecule has 0 unspecified atom stereocenters. The first-order chi connectivity index (χ1) is 12.5. The van der Waals surface area contributed by atoms with Crippen molar-refractivity contribution in [1.29, 1.82) is 0 Å². The number of nitrogens with one attached hydrogen (secondary N) is 1. The lowest BCUT2D eigenvalue weighted by molar-refractivity contribution is -0.0166. The molecule has 26 heavy (non-hydrogen) atoms. The zero-order chi connectivity index (χ0) is 17.9. The summed E-state index contributed by atoms with van der Waals surface area (Å²) < 4.78 is 27.4. The van der Waals surface area contributed by atoms with E-state index < -0.39 is 10.0 Å². The molecule has 6 rings (SSSR count). The molecule has 0 spiro atoms. The molecule has 0 aromatic carbocycles. The molecule has 1 amide bonds. The summed E-state index contributed by atoms with van der Waals surface area (Å²) in [6, 6.07) is 1.60. The van der Waals surface area contributed by atoms with Gasteiger partial charge < -0.3 is 5.32 Å². The van der Waals surface area contributed by atoms with Crippen LogP contribution in [-0.4, -0.2) is 37.3 Å². The van der Waals surface area contributed by atoms with Crippen LogP contribution < -0.4 is 5.32 Å². The molecule has 1 aromatic rings. The van der Waals surface area contributed by atoms with Gasteiger partial charge in [0.15, 0.2) is 0 Å². The average molecular weight is 395 g/mol. The van der Waals surface area contributed by atoms with Crippen LogP contribution in [0.4, 0.5) is 0 Å². The van der Waals surface area contributed by atoms with Gasteiger partial charge in [-0.25, -0.2) is 8.42 Å². The molecule has 4 bridgehead atoms. The molecule has 4 saturated carbocycles. The molecule has 5 aliphatic rings. The van der Waals surface area contributed by atoms with Gasteiger partial charge in [-0.1, -0.05) is 0 Å². The topological polar surface area (TPSA) is 66.5 Å². The number of amides is 1. The molecule has 5 fully saturated rings. The van der Waals surface area contributed by atoms with Crippen LogP contribution in [0.3, 0.4) is 0 Å². The smallest absolute Gasteiger partial charge is 0.263 e. The summed E-state index contributed by atoms with van der Waals surface area (Å²) in [5.41, 5.74) is -0.0928. The van der Waals surface area contributed by atoms with E-state index in [-0.39, 0.29) is 16.3 Å². The van der Waals surface area contributed by atoms with Gasteiger partial charge in [-0.3, -0.25) is 4.79 Å². The van der Waals surface area contributed by atoms with Crippen LogP contribution in [0.2, 0.25) is 0 Å². The Labute approximate surface area is 159 Å². The van der Waals surface area contributed by atoms with Crippen LogP contribution in [0, 0.1) is 17.8 Å². The van der Waals surface area contributed by atoms with Gasteiger partial charge in [0.1, 0.15) is 9.77 Å². The summed E-state index contributed by atoms with van der Waals surface area (Å²) in [5.74, 6) is 2.06. The highest BCUT2D eigenvalue weighted by Crippen LogP contribution is 2.55. The highest BCUT2D eigenvalue weighted by atomic mass is 32.2. The zero-order valence-electron chi connectivity index (χ0n) is 14.9. The second kappa shape index (κ2) is 6.04. The highest BCUT2D eigenvalue weighted by Gasteiger charge is 2.51. The van der Waals surface area contributed by atoms with E-state index >= 15 is 0 Å². The molecule has 1 aliphatic heterocycles. The van der Waals surface area contributed by atoms with Crippen molar-refractivity contribution in [3.63, 3.8) is 0 Å². The molecule has 1 aromatic heterocycles. The van der Waals surface area contributed by atoms with Crippen LogP contribution in [0.15, 0.2) is 16.3 Å². The Kier molecular flexibility index (Phi) is 4.00. The van der Waals surface area contributed by atoms with E-state index in [4.69, 9.17) is 0 Å². The number of hydrogen-bond donors (Lipinski definition) is 1. The maximum Gasteiger partial charge on any atom is 0.263 e. The molecule has 1 N–H and O–H groups in total. The number of nitrogens with zero attached hydrogens (tertiary/aromatic N) is 1. The lowest BCUT2D eigenvalue weighted by Crippen LogP contribution is -2.59. The van der Waals surface area contributed by atoms with Crippen LogP contribution >= 0.6 is 11.3 Å². The van der Waals surface area contributed by atoms with E-state index in [0.29, 0.717) is 18.0 Å². The maximum atomic E-state index is 13.1. The monoisotopic (exact) mass is 394 g/mol. The van der Waals surface area contributed by atoms with Crippen LogP contribution in [0.1, 0.15) is 61.0 Å². The Morgan fingerprint density at radius 3 is 2.23 bits per heavy atom.